The Balaban J connectivity index is 1.30. The van der Waals surface area contributed by atoms with Crippen LogP contribution in [0.4, 0.5) is 16.3 Å². The predicted molar refractivity (Wildman–Crippen MR) is 177 cm³/mol. The zero-order valence-corrected chi connectivity index (χ0v) is 27.5. The largest absolute Gasteiger partial charge is 0.462 e. The van der Waals surface area contributed by atoms with Gasteiger partial charge in [-0.2, -0.15) is 9.97 Å². The number of likely N-dealkylation sites (N-methyl/N-ethyl adjacent to an activating group) is 1. The van der Waals surface area contributed by atoms with Gasteiger partial charge in [-0.25, -0.2) is 4.79 Å². The van der Waals surface area contributed by atoms with E-state index in [-0.39, 0.29) is 12.1 Å². The summed E-state index contributed by atoms with van der Waals surface area (Å²) in [6.07, 6.45) is 3.58. The van der Waals surface area contributed by atoms with Crippen LogP contribution >= 0.6 is 0 Å². The Morgan fingerprint density at radius 3 is 2.58 bits per heavy atom. The lowest BCUT2D eigenvalue weighted by Crippen LogP contribution is -2.57. The predicted octanol–water partition coefficient (Wildman–Crippen LogP) is 5.13. The number of rotatable bonds is 8. The van der Waals surface area contributed by atoms with Gasteiger partial charge in [0.25, 0.3) is 0 Å². The molecule has 1 aromatic heterocycles. The second kappa shape index (κ2) is 13.4. The lowest BCUT2D eigenvalue weighted by molar-refractivity contribution is 0.0105. The molecular weight excluding hydrogens is 568 g/mol. The lowest BCUT2D eigenvalue weighted by Gasteiger charge is -2.43. The minimum Gasteiger partial charge on any atom is -0.462 e. The molecular formula is C35H48N6O4. The molecule has 4 heterocycles. The summed E-state index contributed by atoms with van der Waals surface area (Å²) in [5, 5.41) is 2.48. The van der Waals surface area contributed by atoms with Gasteiger partial charge in [0.2, 0.25) is 0 Å². The number of fused-ring (bicyclic) bond motifs is 2. The lowest BCUT2D eigenvalue weighted by atomic mass is 10.0. The van der Waals surface area contributed by atoms with Gasteiger partial charge in [-0.1, -0.05) is 36.4 Å². The number of nitrogens with zero attached hydrogens (tertiary/aromatic N) is 6. The molecule has 0 saturated carbocycles. The summed E-state index contributed by atoms with van der Waals surface area (Å²) in [6, 6.07) is 15.8. The van der Waals surface area contributed by atoms with E-state index < -0.39 is 5.60 Å². The Hall–Kier alpha value is -3.63. The number of aromatic nitrogens is 2. The molecule has 0 bridgehead atoms. The van der Waals surface area contributed by atoms with Crippen LogP contribution in [0.3, 0.4) is 0 Å². The van der Waals surface area contributed by atoms with Gasteiger partial charge in [0.1, 0.15) is 18.0 Å². The fourth-order valence-electron chi connectivity index (χ4n) is 6.87. The van der Waals surface area contributed by atoms with Crippen LogP contribution < -0.4 is 14.5 Å². The first-order valence-electron chi connectivity index (χ1n) is 16.4. The SMILES string of the molecule is COCCC1CN(c2nc(OCC3CCCN3C)nc3c2CCN(c2cccc4ccccc24)C3)CCN1C(=O)OC(C)(C)C. The number of methoxy groups -OCH3 is 1. The van der Waals surface area contributed by atoms with E-state index in [0.717, 1.165) is 37.4 Å². The minimum atomic E-state index is -0.554. The monoisotopic (exact) mass is 616 g/mol. The van der Waals surface area contributed by atoms with Crippen LogP contribution in [0.1, 0.15) is 51.3 Å². The minimum absolute atomic E-state index is 0.0635. The van der Waals surface area contributed by atoms with E-state index in [1.807, 2.05) is 25.7 Å². The summed E-state index contributed by atoms with van der Waals surface area (Å²) in [5.74, 6) is 0.929. The van der Waals surface area contributed by atoms with Crippen LogP contribution in [0.5, 0.6) is 6.01 Å². The average Bonchev–Trinajstić information content (AvgIpc) is 3.45. The quantitative estimate of drug-likeness (QED) is 0.342. The first-order chi connectivity index (χ1) is 21.7. The van der Waals surface area contributed by atoms with Crippen molar-refractivity contribution in [3.8, 4) is 6.01 Å². The maximum absolute atomic E-state index is 13.2. The first kappa shape index (κ1) is 31.4. The number of piperazine rings is 1. The number of amides is 1. The second-order valence-corrected chi connectivity index (χ2v) is 13.6. The molecule has 2 atom stereocenters. The van der Waals surface area contributed by atoms with Crippen LogP contribution in [0.25, 0.3) is 10.8 Å². The zero-order valence-electron chi connectivity index (χ0n) is 27.5. The molecule has 45 heavy (non-hydrogen) atoms. The molecule has 0 spiro atoms. The Bertz CT molecular complexity index is 1490. The van der Waals surface area contributed by atoms with Crippen LogP contribution in [-0.2, 0) is 22.4 Å². The third-order valence-corrected chi connectivity index (χ3v) is 9.27. The smallest absolute Gasteiger partial charge is 0.410 e. The van der Waals surface area contributed by atoms with Gasteiger partial charge < -0.3 is 33.8 Å². The molecule has 3 aromatic rings. The van der Waals surface area contributed by atoms with Crippen molar-refractivity contribution in [1.82, 2.24) is 19.8 Å². The van der Waals surface area contributed by atoms with E-state index in [0.29, 0.717) is 57.9 Å². The molecule has 2 fully saturated rings. The van der Waals surface area contributed by atoms with Gasteiger partial charge in [-0.3, -0.25) is 0 Å². The maximum Gasteiger partial charge on any atom is 0.410 e. The molecule has 0 aliphatic carbocycles. The van der Waals surface area contributed by atoms with Crippen LogP contribution in [0, 0.1) is 0 Å². The highest BCUT2D eigenvalue weighted by Gasteiger charge is 2.36. The van der Waals surface area contributed by atoms with Gasteiger partial charge in [0.05, 0.1) is 18.3 Å². The first-order valence-corrected chi connectivity index (χ1v) is 16.4. The van der Waals surface area contributed by atoms with Crippen molar-refractivity contribution in [2.75, 3.05) is 69.9 Å². The standard InChI is InChI=1S/C35H48N6O4/c1-35(2,3)45-34(42)41-20-19-40(22-26(41)16-21-43-5)32-29-15-18-39(31-14-8-11-25-10-6-7-13-28(25)31)23-30(29)36-33(37-32)44-24-27-12-9-17-38(27)4/h6-8,10-11,13-14,26-27H,9,12,15-24H2,1-5H3. The number of benzene rings is 2. The summed E-state index contributed by atoms with van der Waals surface area (Å²) in [7, 11) is 3.86. The summed E-state index contributed by atoms with van der Waals surface area (Å²) in [6.45, 7) is 11.4. The van der Waals surface area contributed by atoms with E-state index >= 15 is 0 Å². The van der Waals surface area contributed by atoms with Crippen molar-refractivity contribution >= 4 is 28.4 Å². The molecule has 2 unspecified atom stereocenters. The summed E-state index contributed by atoms with van der Waals surface area (Å²) in [4.78, 5) is 32.3. The van der Waals surface area contributed by atoms with Crippen LogP contribution in [0.2, 0.25) is 0 Å². The summed E-state index contributed by atoms with van der Waals surface area (Å²) in [5.41, 5.74) is 2.85. The number of carbonyl (C=O) groups is 1. The second-order valence-electron chi connectivity index (χ2n) is 13.6. The van der Waals surface area contributed by atoms with E-state index in [9.17, 15) is 4.79 Å². The molecule has 6 rings (SSSR count). The Morgan fingerprint density at radius 2 is 1.80 bits per heavy atom. The molecule has 2 aromatic carbocycles. The number of likely N-dealkylation sites (tertiary alicyclic amines) is 1. The third kappa shape index (κ3) is 7.12. The number of anilines is 2. The molecule has 242 valence electrons. The molecule has 0 N–H and O–H groups in total. The van der Waals surface area contributed by atoms with Gasteiger partial charge in [-0.05, 0) is 71.5 Å². The van der Waals surface area contributed by atoms with E-state index in [4.69, 9.17) is 24.2 Å². The Morgan fingerprint density at radius 1 is 0.978 bits per heavy atom. The molecule has 10 heteroatoms. The molecule has 3 aliphatic rings. The van der Waals surface area contributed by atoms with E-state index in [2.05, 4.69) is 64.2 Å². The van der Waals surface area contributed by atoms with Gasteiger partial charge in [0.15, 0.2) is 0 Å². The van der Waals surface area contributed by atoms with Gasteiger partial charge >= 0.3 is 12.1 Å². The average molecular weight is 617 g/mol. The number of carbonyl (C=O) groups excluding carboxylic acids is 1. The van der Waals surface area contributed by atoms with Crippen molar-refractivity contribution in [1.29, 1.82) is 0 Å². The number of hydrogen-bond donors (Lipinski definition) is 0. The van der Waals surface area contributed by atoms with Gasteiger partial charge in [0, 0.05) is 62.6 Å². The van der Waals surface area contributed by atoms with Crippen LogP contribution in [0.15, 0.2) is 42.5 Å². The van der Waals surface area contributed by atoms with Crippen molar-refractivity contribution in [3.05, 3.63) is 53.7 Å². The Labute approximate surface area is 267 Å². The van der Waals surface area contributed by atoms with Crippen LogP contribution in [-0.4, -0.2) is 104 Å². The highest BCUT2D eigenvalue weighted by molar-refractivity contribution is 5.94. The van der Waals surface area contributed by atoms with Crippen molar-refractivity contribution in [2.45, 2.75) is 70.7 Å². The fourth-order valence-corrected chi connectivity index (χ4v) is 6.87. The van der Waals surface area contributed by atoms with Crippen molar-refractivity contribution in [3.63, 3.8) is 0 Å². The van der Waals surface area contributed by atoms with Gasteiger partial charge in [-0.15, -0.1) is 0 Å². The number of ether oxygens (including phenoxy) is 3. The van der Waals surface area contributed by atoms with Crippen molar-refractivity contribution in [2.24, 2.45) is 0 Å². The molecule has 1 amide bonds. The molecule has 2 saturated heterocycles. The third-order valence-electron chi connectivity index (χ3n) is 9.27. The molecule has 3 aliphatic heterocycles. The summed E-state index contributed by atoms with van der Waals surface area (Å²) >= 11 is 0. The highest BCUT2D eigenvalue weighted by Crippen LogP contribution is 2.35. The highest BCUT2D eigenvalue weighted by atomic mass is 16.6. The fraction of sp³-hybridized carbons (Fsp3) is 0.571. The topological polar surface area (TPSA) is 83.5 Å². The van der Waals surface area contributed by atoms with E-state index in [1.165, 1.54) is 28.4 Å². The summed E-state index contributed by atoms with van der Waals surface area (Å²) < 4.78 is 17.6. The van der Waals surface area contributed by atoms with E-state index in [1.54, 1.807) is 7.11 Å². The zero-order chi connectivity index (χ0) is 31.6. The normalized spacial score (nSPS) is 20.9. The molecule has 10 nitrogen and oxygen atoms in total. The maximum atomic E-state index is 13.2. The molecule has 0 radical (unpaired) electrons. The number of hydrogen-bond acceptors (Lipinski definition) is 9. The van der Waals surface area contributed by atoms with Crippen molar-refractivity contribution < 1.29 is 19.0 Å². The Kier molecular flexibility index (Phi) is 9.33.